The molecule has 1 N–H and O–H groups in total. The summed E-state index contributed by atoms with van der Waals surface area (Å²) in [6, 6.07) is 0. The Morgan fingerprint density at radius 2 is 2.14 bits per heavy atom. The lowest BCUT2D eigenvalue weighted by atomic mass is 9.74. The summed E-state index contributed by atoms with van der Waals surface area (Å²) in [4.78, 5) is 4.39. The number of hydrogen-bond donors (Lipinski definition) is 1. The Hall–Kier alpha value is -0.620. The SMILES string of the molecule is CCCNCC1CCC(C)CC1c1cnc(C(F)(F)F)s1. The monoisotopic (exact) mass is 320 g/mol. The number of nitrogens with zero attached hydrogens (tertiary/aromatic N) is 1. The largest absolute Gasteiger partial charge is 0.443 e. The van der Waals surface area contributed by atoms with Gasteiger partial charge < -0.3 is 5.32 Å². The van der Waals surface area contributed by atoms with Crippen LogP contribution in [0.25, 0.3) is 0 Å². The van der Waals surface area contributed by atoms with E-state index in [9.17, 15) is 13.2 Å². The number of nitrogens with one attached hydrogen (secondary N) is 1. The molecule has 6 heteroatoms. The van der Waals surface area contributed by atoms with E-state index in [4.69, 9.17) is 0 Å². The molecule has 1 heterocycles. The predicted octanol–water partition coefficient (Wildman–Crippen LogP) is 4.68. The molecular formula is C15H23F3N2S. The van der Waals surface area contributed by atoms with Gasteiger partial charge in [0, 0.05) is 11.1 Å². The first-order chi connectivity index (χ1) is 9.91. The maximum Gasteiger partial charge on any atom is 0.443 e. The Labute approximate surface area is 128 Å². The molecule has 1 aromatic heterocycles. The first kappa shape index (κ1) is 16.7. The number of alkyl halides is 3. The van der Waals surface area contributed by atoms with Crippen LogP contribution in [-0.2, 0) is 6.18 Å². The summed E-state index contributed by atoms with van der Waals surface area (Å²) in [7, 11) is 0. The van der Waals surface area contributed by atoms with E-state index in [2.05, 4.69) is 24.1 Å². The minimum atomic E-state index is -4.32. The fourth-order valence-electron chi connectivity index (χ4n) is 3.09. The second-order valence-electron chi connectivity index (χ2n) is 6.05. The van der Waals surface area contributed by atoms with Crippen LogP contribution in [0.4, 0.5) is 13.2 Å². The Kier molecular flexibility index (Phi) is 5.66. The molecule has 0 bridgehead atoms. The molecular weight excluding hydrogens is 297 g/mol. The van der Waals surface area contributed by atoms with Gasteiger partial charge in [0.1, 0.15) is 0 Å². The van der Waals surface area contributed by atoms with Crippen molar-refractivity contribution in [2.45, 2.75) is 51.6 Å². The number of rotatable bonds is 5. The summed E-state index contributed by atoms with van der Waals surface area (Å²) in [6.45, 7) is 6.17. The lowest BCUT2D eigenvalue weighted by Crippen LogP contribution is -2.31. The van der Waals surface area contributed by atoms with Crippen molar-refractivity contribution in [2.24, 2.45) is 11.8 Å². The number of thiazole rings is 1. The van der Waals surface area contributed by atoms with Crippen LogP contribution in [0.5, 0.6) is 0 Å². The molecule has 0 radical (unpaired) electrons. The third kappa shape index (κ3) is 4.42. The normalized spacial score (nSPS) is 27.0. The van der Waals surface area contributed by atoms with Gasteiger partial charge in [0.25, 0.3) is 0 Å². The van der Waals surface area contributed by atoms with Crippen molar-refractivity contribution in [3.05, 3.63) is 16.1 Å². The van der Waals surface area contributed by atoms with Crippen LogP contribution in [0.3, 0.4) is 0 Å². The van der Waals surface area contributed by atoms with Crippen molar-refractivity contribution in [1.82, 2.24) is 10.3 Å². The highest BCUT2D eigenvalue weighted by Gasteiger charge is 2.37. The topological polar surface area (TPSA) is 24.9 Å². The van der Waals surface area contributed by atoms with E-state index in [1.54, 1.807) is 0 Å². The highest BCUT2D eigenvalue weighted by Crippen LogP contribution is 2.44. The summed E-state index contributed by atoms with van der Waals surface area (Å²) >= 11 is 0.827. The first-order valence-electron chi connectivity index (χ1n) is 7.65. The molecule has 0 aliphatic heterocycles. The zero-order chi connectivity index (χ0) is 15.5. The Balaban J connectivity index is 2.10. The standard InChI is InChI=1S/C15H23F3N2S/c1-3-6-19-8-11-5-4-10(2)7-12(11)13-9-20-14(21-13)15(16,17)18/h9-12,19H,3-8H2,1-2H3. The fraction of sp³-hybridized carbons (Fsp3) is 0.800. The van der Waals surface area contributed by atoms with Gasteiger partial charge in [-0.25, -0.2) is 4.98 Å². The molecule has 0 spiro atoms. The molecule has 1 saturated carbocycles. The van der Waals surface area contributed by atoms with E-state index in [0.717, 1.165) is 48.6 Å². The quantitative estimate of drug-likeness (QED) is 0.797. The maximum absolute atomic E-state index is 12.7. The molecule has 1 aromatic rings. The molecule has 1 aliphatic rings. The molecule has 2 nitrogen and oxygen atoms in total. The maximum atomic E-state index is 12.7. The Morgan fingerprint density at radius 3 is 2.76 bits per heavy atom. The van der Waals surface area contributed by atoms with Crippen LogP contribution in [0.1, 0.15) is 55.3 Å². The smallest absolute Gasteiger partial charge is 0.316 e. The molecule has 0 amide bonds. The van der Waals surface area contributed by atoms with Crippen LogP contribution in [-0.4, -0.2) is 18.1 Å². The highest BCUT2D eigenvalue weighted by atomic mass is 32.1. The van der Waals surface area contributed by atoms with E-state index in [-0.39, 0.29) is 5.92 Å². The number of aromatic nitrogens is 1. The molecule has 3 atom stereocenters. The third-order valence-corrected chi connectivity index (χ3v) is 5.39. The van der Waals surface area contributed by atoms with Gasteiger partial charge in [-0.15, -0.1) is 11.3 Å². The van der Waals surface area contributed by atoms with Gasteiger partial charge in [0.15, 0.2) is 5.01 Å². The number of halogens is 3. The molecule has 21 heavy (non-hydrogen) atoms. The second kappa shape index (κ2) is 7.09. The van der Waals surface area contributed by atoms with E-state index in [0.29, 0.717) is 11.8 Å². The Bertz CT molecular complexity index is 444. The van der Waals surface area contributed by atoms with Crippen molar-refractivity contribution in [3.63, 3.8) is 0 Å². The van der Waals surface area contributed by atoms with Crippen molar-refractivity contribution in [2.75, 3.05) is 13.1 Å². The second-order valence-corrected chi connectivity index (χ2v) is 7.12. The summed E-state index contributed by atoms with van der Waals surface area (Å²) in [5.74, 6) is 1.22. The Morgan fingerprint density at radius 1 is 1.38 bits per heavy atom. The van der Waals surface area contributed by atoms with Crippen molar-refractivity contribution < 1.29 is 13.2 Å². The average molecular weight is 320 g/mol. The first-order valence-corrected chi connectivity index (χ1v) is 8.47. The van der Waals surface area contributed by atoms with E-state index in [1.807, 2.05) is 0 Å². The van der Waals surface area contributed by atoms with Gasteiger partial charge in [0.2, 0.25) is 0 Å². The van der Waals surface area contributed by atoms with E-state index >= 15 is 0 Å². The lowest BCUT2D eigenvalue weighted by molar-refractivity contribution is -0.137. The van der Waals surface area contributed by atoms with Crippen molar-refractivity contribution >= 4 is 11.3 Å². The molecule has 0 aromatic carbocycles. The lowest BCUT2D eigenvalue weighted by Gasteiger charge is -2.34. The molecule has 120 valence electrons. The summed E-state index contributed by atoms with van der Waals surface area (Å²) < 4.78 is 38.2. The van der Waals surface area contributed by atoms with E-state index < -0.39 is 11.2 Å². The van der Waals surface area contributed by atoms with Crippen LogP contribution in [0.15, 0.2) is 6.20 Å². The van der Waals surface area contributed by atoms with E-state index in [1.165, 1.54) is 12.6 Å². The van der Waals surface area contributed by atoms with Gasteiger partial charge >= 0.3 is 6.18 Å². The average Bonchev–Trinajstić information content (AvgIpc) is 2.90. The molecule has 1 aliphatic carbocycles. The van der Waals surface area contributed by atoms with Gasteiger partial charge in [-0.1, -0.05) is 20.3 Å². The zero-order valence-corrected chi connectivity index (χ0v) is 13.4. The molecule has 1 fully saturated rings. The predicted molar refractivity (Wildman–Crippen MR) is 79.5 cm³/mol. The summed E-state index contributed by atoms with van der Waals surface area (Å²) in [6.07, 6.45) is 1.43. The van der Waals surface area contributed by atoms with Crippen molar-refractivity contribution in [1.29, 1.82) is 0 Å². The van der Waals surface area contributed by atoms with Gasteiger partial charge in [-0.05, 0) is 50.1 Å². The molecule has 3 unspecified atom stereocenters. The molecule has 0 saturated heterocycles. The number of hydrogen-bond acceptors (Lipinski definition) is 3. The van der Waals surface area contributed by atoms with Crippen LogP contribution < -0.4 is 5.32 Å². The fourth-order valence-corrected chi connectivity index (χ4v) is 4.08. The summed E-state index contributed by atoms with van der Waals surface area (Å²) in [5, 5.41) is 2.71. The van der Waals surface area contributed by atoms with Crippen LogP contribution >= 0.6 is 11.3 Å². The third-order valence-electron chi connectivity index (χ3n) is 4.22. The zero-order valence-electron chi connectivity index (χ0n) is 12.5. The minimum Gasteiger partial charge on any atom is -0.316 e. The van der Waals surface area contributed by atoms with Gasteiger partial charge in [0.05, 0.1) is 0 Å². The summed E-state index contributed by atoms with van der Waals surface area (Å²) in [5.41, 5.74) is 0. The highest BCUT2D eigenvalue weighted by molar-refractivity contribution is 7.11. The van der Waals surface area contributed by atoms with Crippen LogP contribution in [0.2, 0.25) is 0 Å². The van der Waals surface area contributed by atoms with Crippen LogP contribution in [0, 0.1) is 11.8 Å². The van der Waals surface area contributed by atoms with Gasteiger partial charge in [-0.3, -0.25) is 0 Å². The molecule has 2 rings (SSSR count). The van der Waals surface area contributed by atoms with Gasteiger partial charge in [-0.2, -0.15) is 13.2 Å². The van der Waals surface area contributed by atoms with Crippen molar-refractivity contribution in [3.8, 4) is 0 Å². The minimum absolute atomic E-state index is 0.215.